The van der Waals surface area contributed by atoms with E-state index in [0.717, 1.165) is 36.8 Å². The fourth-order valence-electron chi connectivity index (χ4n) is 7.84. The molecule has 3 aliphatic rings. The van der Waals surface area contributed by atoms with Gasteiger partial charge in [-0.05, 0) is 93.4 Å². The number of likely N-dealkylation sites (tertiary alicyclic amines) is 1. The van der Waals surface area contributed by atoms with Gasteiger partial charge >= 0.3 is 5.97 Å². The SMILES string of the molecule is COC(=O)[C@@H]1CCCC2SCC[C@H](NC(=O)[C@@H](CC[C@@H](Cc3ccccc3)C(=O)NC3CCCCN(CC(C)C)C3=O)Cc3ccccc3)C(=O)N21. The first-order valence-corrected chi connectivity index (χ1v) is 20.2. The topological polar surface area (TPSA) is 125 Å². The summed E-state index contributed by atoms with van der Waals surface area (Å²) in [5, 5.41) is 6.11. The number of nitrogens with one attached hydrogen (secondary N) is 2. The van der Waals surface area contributed by atoms with Crippen molar-refractivity contribution < 1.29 is 28.7 Å². The van der Waals surface area contributed by atoms with Crippen molar-refractivity contribution in [1.82, 2.24) is 20.4 Å². The number of rotatable bonds is 14. The molecule has 0 bridgehead atoms. The highest BCUT2D eigenvalue weighted by molar-refractivity contribution is 7.99. The van der Waals surface area contributed by atoms with Crippen LogP contribution in [0.3, 0.4) is 0 Å². The molecule has 0 aromatic heterocycles. The van der Waals surface area contributed by atoms with Gasteiger partial charge in [-0.3, -0.25) is 19.2 Å². The molecule has 0 radical (unpaired) electrons. The first kappa shape index (κ1) is 39.3. The zero-order valence-electron chi connectivity index (χ0n) is 31.0. The quantitative estimate of drug-likeness (QED) is 0.258. The minimum Gasteiger partial charge on any atom is -0.467 e. The van der Waals surface area contributed by atoms with Gasteiger partial charge in [0, 0.05) is 24.9 Å². The third-order valence-electron chi connectivity index (χ3n) is 10.6. The minimum atomic E-state index is -0.757. The number of carbonyl (C=O) groups is 5. The molecule has 10 nitrogen and oxygen atoms in total. The molecular formula is C41H56N4O6S. The number of esters is 1. The largest absolute Gasteiger partial charge is 0.467 e. The van der Waals surface area contributed by atoms with E-state index in [9.17, 15) is 24.0 Å². The summed E-state index contributed by atoms with van der Waals surface area (Å²) in [7, 11) is 1.34. The number of thioether (sulfide) groups is 1. The summed E-state index contributed by atoms with van der Waals surface area (Å²) in [6.45, 7) is 5.56. The molecule has 0 spiro atoms. The van der Waals surface area contributed by atoms with Crippen molar-refractivity contribution in [3.05, 3.63) is 71.8 Å². The molecule has 3 aliphatic heterocycles. The molecule has 3 saturated heterocycles. The Morgan fingerprint density at radius 2 is 1.35 bits per heavy atom. The molecule has 2 N–H and O–H groups in total. The van der Waals surface area contributed by atoms with Crippen LogP contribution in [0.4, 0.5) is 0 Å². The molecule has 282 valence electrons. The zero-order chi connectivity index (χ0) is 37.0. The molecule has 4 amide bonds. The van der Waals surface area contributed by atoms with Crippen LogP contribution in [0.15, 0.2) is 60.7 Å². The zero-order valence-corrected chi connectivity index (χ0v) is 31.8. The van der Waals surface area contributed by atoms with Crippen molar-refractivity contribution in [1.29, 1.82) is 0 Å². The van der Waals surface area contributed by atoms with Crippen LogP contribution in [0.1, 0.15) is 82.8 Å². The Morgan fingerprint density at radius 3 is 1.90 bits per heavy atom. The van der Waals surface area contributed by atoms with Crippen LogP contribution < -0.4 is 10.6 Å². The number of hydrogen-bond donors (Lipinski definition) is 2. The number of fused-ring (bicyclic) bond motifs is 1. The van der Waals surface area contributed by atoms with E-state index in [1.807, 2.05) is 65.6 Å². The Bertz CT molecular complexity index is 1510. The molecule has 11 heteroatoms. The fraction of sp³-hybridized carbons (Fsp3) is 0.585. The van der Waals surface area contributed by atoms with Crippen LogP contribution in [0.5, 0.6) is 0 Å². The molecule has 0 saturated carbocycles. The molecule has 5 rings (SSSR count). The Morgan fingerprint density at radius 1 is 0.769 bits per heavy atom. The molecule has 3 fully saturated rings. The van der Waals surface area contributed by atoms with E-state index in [-0.39, 0.29) is 29.0 Å². The number of benzene rings is 2. The fourth-order valence-corrected chi connectivity index (χ4v) is 9.23. The number of methoxy groups -OCH3 is 1. The summed E-state index contributed by atoms with van der Waals surface area (Å²) in [6, 6.07) is 17.7. The van der Waals surface area contributed by atoms with E-state index in [0.29, 0.717) is 69.7 Å². The standard InChI is InChI=1S/C41H56N4O6S/c1-28(2)27-44-23-11-10-17-33(39(44)48)42-37(46)31(25-29-13-6-4-7-14-29)20-21-32(26-30-15-8-5-9-16-30)38(47)43-34-22-24-52-36-19-12-18-35(41(50)51-3)45(36)40(34)49/h4-9,13-16,28,31-36H,10-12,17-27H2,1-3H3,(H,42,46)(H,43,47)/t31-,32-,33?,34-,35-,36?/m0/s1. The monoisotopic (exact) mass is 732 g/mol. The summed E-state index contributed by atoms with van der Waals surface area (Å²) in [5.41, 5.74) is 2.00. The summed E-state index contributed by atoms with van der Waals surface area (Å²) in [6.07, 6.45) is 6.80. The van der Waals surface area contributed by atoms with Crippen LogP contribution in [-0.2, 0) is 41.6 Å². The maximum absolute atomic E-state index is 14.2. The van der Waals surface area contributed by atoms with Crippen molar-refractivity contribution in [2.24, 2.45) is 17.8 Å². The van der Waals surface area contributed by atoms with E-state index in [1.165, 1.54) is 7.11 Å². The Balaban J connectivity index is 1.34. The van der Waals surface area contributed by atoms with E-state index >= 15 is 0 Å². The second-order valence-corrected chi connectivity index (χ2v) is 16.3. The van der Waals surface area contributed by atoms with Crippen LogP contribution in [0.2, 0.25) is 0 Å². The van der Waals surface area contributed by atoms with Crippen LogP contribution >= 0.6 is 11.8 Å². The van der Waals surface area contributed by atoms with Gasteiger partial charge in [0.15, 0.2) is 0 Å². The molecule has 0 aliphatic carbocycles. The van der Waals surface area contributed by atoms with Gasteiger partial charge in [0.1, 0.15) is 18.1 Å². The van der Waals surface area contributed by atoms with E-state index in [2.05, 4.69) is 24.5 Å². The van der Waals surface area contributed by atoms with Crippen molar-refractivity contribution in [3.8, 4) is 0 Å². The lowest BCUT2D eigenvalue weighted by atomic mass is 9.86. The number of hydrogen-bond acceptors (Lipinski definition) is 7. The lowest BCUT2D eigenvalue weighted by molar-refractivity contribution is -0.156. The van der Waals surface area contributed by atoms with Gasteiger partial charge < -0.3 is 25.2 Å². The highest BCUT2D eigenvalue weighted by Crippen LogP contribution is 2.35. The smallest absolute Gasteiger partial charge is 0.328 e. The Kier molecular flexibility index (Phi) is 14.6. The molecule has 2 unspecified atom stereocenters. The average molecular weight is 733 g/mol. The number of ether oxygens (including phenoxy) is 1. The highest BCUT2D eigenvalue weighted by atomic mass is 32.2. The maximum atomic E-state index is 14.2. The van der Waals surface area contributed by atoms with Crippen molar-refractivity contribution in [3.63, 3.8) is 0 Å². The number of amides is 4. The Hall–Kier alpha value is -3.86. The highest BCUT2D eigenvalue weighted by Gasteiger charge is 2.44. The molecule has 2 aromatic rings. The summed E-state index contributed by atoms with van der Waals surface area (Å²) >= 11 is 1.66. The predicted molar refractivity (Wildman–Crippen MR) is 203 cm³/mol. The number of nitrogens with zero attached hydrogens (tertiary/aromatic N) is 2. The van der Waals surface area contributed by atoms with E-state index in [1.54, 1.807) is 16.7 Å². The predicted octanol–water partition coefficient (Wildman–Crippen LogP) is 5.14. The summed E-state index contributed by atoms with van der Waals surface area (Å²) < 4.78 is 5.06. The van der Waals surface area contributed by atoms with Crippen molar-refractivity contribution >= 4 is 41.4 Å². The van der Waals surface area contributed by atoms with Crippen LogP contribution in [0, 0.1) is 17.8 Å². The van der Waals surface area contributed by atoms with Gasteiger partial charge in [-0.25, -0.2) is 4.79 Å². The normalized spacial score (nSPS) is 23.5. The number of piperidine rings is 1. The average Bonchev–Trinajstić information content (AvgIpc) is 3.41. The van der Waals surface area contributed by atoms with Gasteiger partial charge in [-0.15, -0.1) is 11.8 Å². The lowest BCUT2D eigenvalue weighted by Gasteiger charge is -2.40. The molecule has 3 heterocycles. The molecular weight excluding hydrogens is 677 g/mol. The second kappa shape index (κ2) is 19.3. The first-order valence-electron chi connectivity index (χ1n) is 19.1. The van der Waals surface area contributed by atoms with Gasteiger partial charge in [-0.1, -0.05) is 74.5 Å². The van der Waals surface area contributed by atoms with Crippen LogP contribution in [0.25, 0.3) is 0 Å². The van der Waals surface area contributed by atoms with E-state index < -0.39 is 35.9 Å². The number of carbonyl (C=O) groups excluding carboxylic acids is 5. The van der Waals surface area contributed by atoms with Crippen LogP contribution in [-0.4, -0.2) is 88.8 Å². The third kappa shape index (κ3) is 10.6. The first-order chi connectivity index (χ1) is 25.1. The Labute approximate surface area is 313 Å². The molecule has 2 aromatic carbocycles. The minimum absolute atomic E-state index is 0.0176. The molecule has 6 atom stereocenters. The summed E-state index contributed by atoms with van der Waals surface area (Å²) in [5.74, 6) is -1.04. The van der Waals surface area contributed by atoms with E-state index in [4.69, 9.17) is 4.74 Å². The third-order valence-corrected chi connectivity index (χ3v) is 11.9. The second-order valence-electron chi connectivity index (χ2n) is 15.0. The summed E-state index contributed by atoms with van der Waals surface area (Å²) in [4.78, 5) is 72.2. The van der Waals surface area contributed by atoms with Gasteiger partial charge in [0.25, 0.3) is 0 Å². The van der Waals surface area contributed by atoms with Gasteiger partial charge in [0.2, 0.25) is 23.6 Å². The van der Waals surface area contributed by atoms with Gasteiger partial charge in [-0.2, -0.15) is 0 Å². The maximum Gasteiger partial charge on any atom is 0.328 e. The molecule has 52 heavy (non-hydrogen) atoms. The van der Waals surface area contributed by atoms with Gasteiger partial charge in [0.05, 0.1) is 12.5 Å². The van der Waals surface area contributed by atoms with Crippen molar-refractivity contribution in [2.45, 2.75) is 108 Å². The van der Waals surface area contributed by atoms with Crippen molar-refractivity contribution in [2.75, 3.05) is 26.0 Å². The lowest BCUT2D eigenvalue weighted by Crippen LogP contribution is -2.57.